The van der Waals surface area contributed by atoms with Gasteiger partial charge in [-0.05, 0) is 55.5 Å². The molecule has 0 heterocycles. The van der Waals surface area contributed by atoms with Crippen LogP contribution in [0, 0.1) is 19.8 Å². The van der Waals surface area contributed by atoms with Crippen molar-refractivity contribution in [1.29, 1.82) is 0 Å². The van der Waals surface area contributed by atoms with E-state index in [1.165, 1.54) is 11.8 Å². The summed E-state index contributed by atoms with van der Waals surface area (Å²) < 4.78 is 0. The summed E-state index contributed by atoms with van der Waals surface area (Å²) in [5.41, 5.74) is 3.43. The van der Waals surface area contributed by atoms with E-state index in [1.807, 2.05) is 65.0 Å². The van der Waals surface area contributed by atoms with E-state index in [4.69, 9.17) is 0 Å². The van der Waals surface area contributed by atoms with Crippen LogP contribution in [0.1, 0.15) is 45.2 Å². The molecule has 1 rings (SSSR count). The van der Waals surface area contributed by atoms with Crippen molar-refractivity contribution in [3.8, 4) is 0 Å². The normalized spacial score (nSPS) is 11.9. The molecule has 0 aromatic heterocycles. The molecule has 0 radical (unpaired) electrons. The van der Waals surface area contributed by atoms with Crippen molar-refractivity contribution in [3.05, 3.63) is 53.3 Å². The molecular formula is C20H28N2O2. The first-order chi connectivity index (χ1) is 11.3. The van der Waals surface area contributed by atoms with E-state index in [1.54, 1.807) is 6.07 Å². The maximum absolute atomic E-state index is 12.7. The van der Waals surface area contributed by atoms with Gasteiger partial charge in [-0.3, -0.25) is 4.79 Å². The van der Waals surface area contributed by atoms with Crippen molar-refractivity contribution in [2.45, 2.75) is 48.0 Å². The van der Waals surface area contributed by atoms with Crippen LogP contribution in [0.4, 0.5) is 10.5 Å². The Morgan fingerprint density at radius 1 is 1.21 bits per heavy atom. The van der Waals surface area contributed by atoms with Gasteiger partial charge in [-0.15, -0.1) is 0 Å². The molecule has 0 aliphatic heterocycles. The van der Waals surface area contributed by atoms with Crippen molar-refractivity contribution in [3.63, 3.8) is 0 Å². The molecule has 4 nitrogen and oxygen atoms in total. The van der Waals surface area contributed by atoms with Gasteiger partial charge in [-0.25, -0.2) is 9.69 Å². The molecule has 0 aliphatic rings. The Kier molecular flexibility index (Phi) is 7.43. The van der Waals surface area contributed by atoms with Crippen LogP contribution in [-0.4, -0.2) is 11.9 Å². The van der Waals surface area contributed by atoms with Gasteiger partial charge in [0.25, 0.3) is 0 Å². The van der Waals surface area contributed by atoms with Gasteiger partial charge < -0.3 is 5.32 Å². The maximum Gasteiger partial charge on any atom is 0.333 e. The first-order valence-electron chi connectivity index (χ1n) is 8.33. The summed E-state index contributed by atoms with van der Waals surface area (Å²) in [6, 6.07) is 5.11. The third kappa shape index (κ3) is 5.69. The summed E-state index contributed by atoms with van der Waals surface area (Å²) in [5, 5.41) is 2.84. The topological polar surface area (TPSA) is 49.4 Å². The number of anilines is 1. The molecule has 1 aromatic carbocycles. The van der Waals surface area contributed by atoms with Crippen molar-refractivity contribution >= 4 is 17.6 Å². The largest absolute Gasteiger partial charge is 0.333 e. The average molecular weight is 328 g/mol. The fourth-order valence-corrected chi connectivity index (χ4v) is 2.23. The molecule has 24 heavy (non-hydrogen) atoms. The van der Waals surface area contributed by atoms with Crippen molar-refractivity contribution in [2.75, 3.05) is 4.90 Å². The minimum Gasteiger partial charge on any atom is -0.307 e. The van der Waals surface area contributed by atoms with Gasteiger partial charge in [0.15, 0.2) is 0 Å². The Morgan fingerprint density at radius 2 is 1.88 bits per heavy atom. The Bertz CT molecular complexity index is 658. The summed E-state index contributed by atoms with van der Waals surface area (Å²) in [7, 11) is 0. The smallest absolute Gasteiger partial charge is 0.307 e. The zero-order valence-corrected chi connectivity index (χ0v) is 15.5. The number of nitrogens with one attached hydrogen (secondary N) is 1. The number of nitrogens with zero attached hydrogens (tertiary/aromatic N) is 1. The Morgan fingerprint density at radius 3 is 2.38 bits per heavy atom. The molecule has 1 aromatic rings. The molecule has 4 heteroatoms. The predicted molar refractivity (Wildman–Crippen MR) is 100.0 cm³/mol. The van der Waals surface area contributed by atoms with Crippen LogP contribution < -0.4 is 10.2 Å². The third-order valence-electron chi connectivity index (χ3n) is 3.56. The Balaban J connectivity index is 3.11. The van der Waals surface area contributed by atoms with E-state index in [0.29, 0.717) is 11.4 Å². The van der Waals surface area contributed by atoms with Gasteiger partial charge in [0.2, 0.25) is 5.91 Å². The van der Waals surface area contributed by atoms with Gasteiger partial charge in [0.1, 0.15) is 0 Å². The number of allylic oxidation sites excluding steroid dienone is 3. The lowest BCUT2D eigenvalue weighted by molar-refractivity contribution is -0.115. The summed E-state index contributed by atoms with van der Waals surface area (Å²) in [6.45, 7) is 11.5. The van der Waals surface area contributed by atoms with Gasteiger partial charge in [0, 0.05) is 12.6 Å². The molecule has 130 valence electrons. The molecule has 0 saturated heterocycles. The number of imide groups is 1. The molecule has 0 aliphatic carbocycles. The summed E-state index contributed by atoms with van der Waals surface area (Å²) in [6.07, 6.45) is 6.68. The average Bonchev–Trinajstić information content (AvgIpc) is 2.47. The highest BCUT2D eigenvalue weighted by molar-refractivity contribution is 6.13. The lowest BCUT2D eigenvalue weighted by Gasteiger charge is -2.21. The van der Waals surface area contributed by atoms with E-state index in [0.717, 1.165) is 17.5 Å². The number of rotatable bonds is 5. The Hall–Kier alpha value is -2.36. The number of hydrogen-bond acceptors (Lipinski definition) is 2. The molecule has 1 N–H and O–H groups in total. The van der Waals surface area contributed by atoms with E-state index in [-0.39, 0.29) is 11.8 Å². The molecule has 0 fully saturated rings. The fourth-order valence-electron chi connectivity index (χ4n) is 2.23. The van der Waals surface area contributed by atoms with Crippen LogP contribution in [0.2, 0.25) is 0 Å². The van der Waals surface area contributed by atoms with Crippen LogP contribution in [0.3, 0.4) is 0 Å². The third-order valence-corrected chi connectivity index (χ3v) is 3.56. The summed E-state index contributed by atoms with van der Waals surface area (Å²) in [5.74, 6) is -0.0340. The molecular weight excluding hydrogens is 300 g/mol. The second-order valence-electron chi connectivity index (χ2n) is 6.23. The molecule has 0 spiro atoms. The molecule has 0 bridgehead atoms. The lowest BCUT2D eigenvalue weighted by atomic mass is 10.1. The minimum atomic E-state index is -0.446. The van der Waals surface area contributed by atoms with E-state index >= 15 is 0 Å². The number of benzene rings is 1. The van der Waals surface area contributed by atoms with Crippen LogP contribution in [-0.2, 0) is 4.79 Å². The maximum atomic E-state index is 12.7. The second kappa shape index (κ2) is 9.06. The van der Waals surface area contributed by atoms with Crippen molar-refractivity contribution in [1.82, 2.24) is 5.32 Å². The van der Waals surface area contributed by atoms with Crippen molar-refractivity contribution in [2.24, 2.45) is 5.92 Å². The molecule has 0 atom stereocenters. The first-order valence-corrected chi connectivity index (χ1v) is 8.33. The van der Waals surface area contributed by atoms with Gasteiger partial charge in [-0.2, -0.15) is 0 Å². The zero-order chi connectivity index (χ0) is 18.3. The number of amides is 3. The minimum absolute atomic E-state index is 0.286. The van der Waals surface area contributed by atoms with Crippen LogP contribution in [0.25, 0.3) is 0 Å². The number of carbonyl (C=O) groups excluding carboxylic acids is 2. The second-order valence-corrected chi connectivity index (χ2v) is 6.23. The van der Waals surface area contributed by atoms with Gasteiger partial charge in [-0.1, -0.05) is 39.0 Å². The summed E-state index contributed by atoms with van der Waals surface area (Å²) >= 11 is 0. The van der Waals surface area contributed by atoms with Gasteiger partial charge in [0.05, 0.1) is 5.69 Å². The predicted octanol–water partition coefficient (Wildman–Crippen LogP) is 4.87. The number of carbonyl (C=O) groups is 2. The lowest BCUT2D eigenvalue weighted by Crippen LogP contribution is -2.42. The Labute approximate surface area is 145 Å². The molecule has 0 saturated carbocycles. The first kappa shape index (κ1) is 19.7. The highest BCUT2D eigenvalue weighted by atomic mass is 16.2. The zero-order valence-electron chi connectivity index (χ0n) is 15.5. The fraction of sp³-hybridized carbons (Fsp3) is 0.400. The molecule has 3 amide bonds. The van der Waals surface area contributed by atoms with E-state index < -0.39 is 6.03 Å². The van der Waals surface area contributed by atoms with Crippen LogP contribution in [0.15, 0.2) is 42.1 Å². The summed E-state index contributed by atoms with van der Waals surface area (Å²) in [4.78, 5) is 25.9. The quantitative estimate of drug-likeness (QED) is 0.784. The standard InChI is InChI=1S/C20H28N2O2/c1-7-8-9-18(12-14(2)3)21-20(24)22(17(6)23)19-11-10-15(4)16(5)13-19/h8-14H,7H2,1-6H3,(H,21,24)/b9-8-,18-12+. The van der Waals surface area contributed by atoms with E-state index in [9.17, 15) is 9.59 Å². The number of urea groups is 1. The highest BCUT2D eigenvalue weighted by Crippen LogP contribution is 2.19. The van der Waals surface area contributed by atoms with Gasteiger partial charge >= 0.3 is 6.03 Å². The van der Waals surface area contributed by atoms with Crippen LogP contribution in [0.5, 0.6) is 0 Å². The highest BCUT2D eigenvalue weighted by Gasteiger charge is 2.21. The molecule has 0 unspecified atom stereocenters. The number of hydrogen-bond donors (Lipinski definition) is 1. The van der Waals surface area contributed by atoms with E-state index in [2.05, 4.69) is 5.32 Å². The monoisotopic (exact) mass is 328 g/mol. The van der Waals surface area contributed by atoms with Crippen LogP contribution >= 0.6 is 0 Å². The SMILES string of the molecule is CC/C=C\C(=C/C(C)C)NC(=O)N(C(C)=O)c1ccc(C)c(C)c1. The van der Waals surface area contributed by atoms with Crippen molar-refractivity contribution < 1.29 is 9.59 Å². The number of aryl methyl sites for hydroxylation is 2.